The number of alkyl halides is 4. The maximum Gasteiger partial charge on any atom is 0.271 e. The molecule has 0 heterocycles. The van der Waals surface area contributed by atoms with Gasteiger partial charge in [-0.3, -0.25) is 4.39 Å². The van der Waals surface area contributed by atoms with Crippen molar-refractivity contribution in [3.8, 4) is 0 Å². The van der Waals surface area contributed by atoms with Crippen molar-refractivity contribution in [3.63, 3.8) is 0 Å². The molecule has 0 fully saturated rings. The van der Waals surface area contributed by atoms with E-state index < -0.39 is 19.4 Å². The maximum absolute atomic E-state index is 11.6. The fraction of sp³-hybridized carbons (Fsp3) is 1.00. The number of halogens is 7. The number of rotatable bonds is 4. The van der Waals surface area contributed by atoms with Crippen LogP contribution in [0.1, 0.15) is 34.1 Å². The van der Waals surface area contributed by atoms with Gasteiger partial charge < -0.3 is 0 Å². The molecule has 0 N–H and O–H groups in total. The Morgan fingerprint density at radius 1 is 0.900 bits per heavy atom. The van der Waals surface area contributed by atoms with Gasteiger partial charge >= 0.3 is 0 Å². The summed E-state index contributed by atoms with van der Waals surface area (Å²) in [5.41, 5.74) is 0. The van der Waals surface area contributed by atoms with Crippen molar-refractivity contribution in [2.75, 3.05) is 27.3 Å². The highest BCUT2D eigenvalue weighted by Gasteiger charge is 2.24. The molecule has 0 amide bonds. The van der Waals surface area contributed by atoms with Crippen molar-refractivity contribution in [2.24, 2.45) is 0 Å². The van der Waals surface area contributed by atoms with E-state index in [9.17, 15) is 31.1 Å². The molecule has 1 atom stereocenters. The van der Waals surface area contributed by atoms with Gasteiger partial charge in [0.05, 0.1) is 13.8 Å². The molecule has 0 aliphatic rings. The van der Waals surface area contributed by atoms with Crippen LogP contribution in [-0.4, -0.2) is 33.2 Å². The van der Waals surface area contributed by atoms with Crippen molar-refractivity contribution in [1.29, 1.82) is 0 Å². The highest BCUT2D eigenvalue weighted by molar-refractivity contribution is 4.52. The quantitative estimate of drug-likeness (QED) is 0.660. The van der Waals surface area contributed by atoms with Crippen LogP contribution in [0.2, 0.25) is 0 Å². The zero-order valence-electron chi connectivity index (χ0n) is 12.2. The van der Waals surface area contributed by atoms with Crippen LogP contribution in [0.15, 0.2) is 0 Å². The van der Waals surface area contributed by atoms with Crippen LogP contribution in [0.5, 0.6) is 0 Å². The van der Waals surface area contributed by atoms with Crippen molar-refractivity contribution in [3.05, 3.63) is 0 Å². The summed E-state index contributed by atoms with van der Waals surface area (Å²) in [6.07, 6.45) is 1.25. The Morgan fingerprint density at radius 2 is 1.15 bits per heavy atom. The molecule has 0 aliphatic carbocycles. The van der Waals surface area contributed by atoms with Crippen LogP contribution >= 0.6 is 0 Å². The summed E-state index contributed by atoms with van der Waals surface area (Å²) in [5.74, 6) is -2.75. The van der Waals surface area contributed by atoms with Crippen LogP contribution in [0.4, 0.5) is 31.1 Å². The van der Waals surface area contributed by atoms with E-state index in [0.717, 1.165) is 0 Å². The minimum Gasteiger partial charge on any atom is -0.255 e. The van der Waals surface area contributed by atoms with Crippen molar-refractivity contribution >= 4 is 0 Å². The van der Waals surface area contributed by atoms with Gasteiger partial charge in [0, 0.05) is 6.92 Å². The first-order chi connectivity index (χ1) is 9.36. The molecule has 0 saturated heterocycles. The smallest absolute Gasteiger partial charge is 0.255 e. The molecule has 0 aromatic rings. The summed E-state index contributed by atoms with van der Waals surface area (Å²) in [5, 5.41) is 0. The Morgan fingerprint density at radius 3 is 1.15 bits per heavy atom. The molecule has 0 saturated carbocycles. The van der Waals surface area contributed by atoms with Crippen LogP contribution in [0, 0.1) is 0 Å². The average molecular weight is 324 g/mol. The summed E-state index contributed by atoms with van der Waals surface area (Å²) >= 11 is 0. The third-order valence-corrected chi connectivity index (χ3v) is 0.550. The second-order valence-electron chi connectivity index (χ2n) is 2.64. The van der Waals surface area contributed by atoms with Crippen LogP contribution in [0.25, 0.3) is 0 Å². The largest absolute Gasteiger partial charge is 0.271 e. The fourth-order valence-electron chi connectivity index (χ4n) is 0.0206. The van der Waals surface area contributed by atoms with Gasteiger partial charge in [-0.15, -0.1) is 0 Å². The van der Waals surface area contributed by atoms with Crippen molar-refractivity contribution in [2.45, 2.75) is 40.0 Å². The Balaban J connectivity index is -0.0000000505. The predicted molar refractivity (Wildman–Crippen MR) is 61.6 cm³/mol. The Kier molecular flexibility index (Phi) is 57.4. The van der Waals surface area contributed by atoms with Crippen molar-refractivity contribution in [1.82, 2.24) is 0 Å². The lowest BCUT2D eigenvalue weighted by atomic mass is 10.4. The van der Waals surface area contributed by atoms with Gasteiger partial charge in [0.1, 0.15) is 0 Å². The SMILES string of the molecule is CC(F)(CF)OF.CCC.CCOF.CF.FCOF. The van der Waals surface area contributed by atoms with E-state index in [0.29, 0.717) is 14.1 Å². The zero-order valence-corrected chi connectivity index (χ0v) is 12.2. The zero-order chi connectivity index (χ0) is 17.4. The summed E-state index contributed by atoms with van der Waals surface area (Å²) in [7, 11) is 0.500. The van der Waals surface area contributed by atoms with E-state index in [4.69, 9.17) is 0 Å². The van der Waals surface area contributed by atoms with E-state index in [1.165, 1.54) is 6.42 Å². The third kappa shape index (κ3) is 85.5. The lowest BCUT2D eigenvalue weighted by Crippen LogP contribution is -2.20. The minimum absolute atomic E-state index is 0.153. The molecule has 3 nitrogen and oxygen atoms in total. The first kappa shape index (κ1) is 31.7. The highest BCUT2D eigenvalue weighted by Crippen LogP contribution is 2.11. The lowest BCUT2D eigenvalue weighted by Gasteiger charge is -2.06. The molecule has 20 heavy (non-hydrogen) atoms. The molecule has 0 radical (unpaired) electrons. The molecule has 0 rings (SSSR count). The third-order valence-electron chi connectivity index (χ3n) is 0.550. The van der Waals surface area contributed by atoms with E-state index in [2.05, 4.69) is 28.7 Å². The first-order valence-electron chi connectivity index (χ1n) is 5.32. The molecule has 1 unspecified atom stereocenters. The number of hydrogen-bond donors (Lipinski definition) is 0. The molecule has 0 aromatic heterocycles. The van der Waals surface area contributed by atoms with E-state index >= 15 is 0 Å². The predicted octanol–water partition coefficient (Wildman–Crippen LogP) is 5.27. The van der Waals surface area contributed by atoms with Gasteiger partial charge in [0.25, 0.3) is 5.85 Å². The van der Waals surface area contributed by atoms with Crippen LogP contribution in [-0.2, 0) is 14.8 Å². The van der Waals surface area contributed by atoms with Gasteiger partial charge in [-0.25, -0.2) is 13.2 Å². The molecule has 130 valence electrons. The summed E-state index contributed by atoms with van der Waals surface area (Å²) in [6, 6.07) is 0. The van der Waals surface area contributed by atoms with Gasteiger partial charge in [0.2, 0.25) is 6.86 Å². The second kappa shape index (κ2) is 36.2. The lowest BCUT2D eigenvalue weighted by molar-refractivity contribution is -0.289. The molecule has 10 heteroatoms. The van der Waals surface area contributed by atoms with Crippen LogP contribution < -0.4 is 0 Å². The van der Waals surface area contributed by atoms with Crippen molar-refractivity contribution < 1.29 is 46.0 Å². The second-order valence-corrected chi connectivity index (χ2v) is 2.64. The molecule has 0 bridgehead atoms. The summed E-state index contributed by atoms with van der Waals surface area (Å²) in [4.78, 5) is 7.96. The fourth-order valence-corrected chi connectivity index (χ4v) is 0.0206. The van der Waals surface area contributed by atoms with Gasteiger partial charge in [-0.2, -0.15) is 14.8 Å². The monoisotopic (exact) mass is 324 g/mol. The standard InChI is InChI=1S/C3H5F3O.C3H8.C2H5FO.CH2F2O.CH3F/c1-3(5,2-4)7-6;1-3-2;1-2-4-3;2-1-4-3;1-2/h2H2,1H3;3H2,1-2H3;2H2,1H3;1H2;1H3. The molecular formula is C10H23F7O3. The Hall–Kier alpha value is -0.610. The highest BCUT2D eigenvalue weighted by atomic mass is 19.3. The maximum atomic E-state index is 11.6. The average Bonchev–Trinajstić information content (AvgIpc) is 2.50. The molecule has 0 aromatic carbocycles. The van der Waals surface area contributed by atoms with Gasteiger partial charge in [-0.1, -0.05) is 20.3 Å². The molecule has 0 spiro atoms. The molecule has 0 aliphatic heterocycles. The topological polar surface area (TPSA) is 27.7 Å². The van der Waals surface area contributed by atoms with Gasteiger partial charge in [-0.05, 0) is 20.5 Å². The van der Waals surface area contributed by atoms with Crippen LogP contribution in [0.3, 0.4) is 0 Å². The summed E-state index contributed by atoms with van der Waals surface area (Å²) < 4.78 is 73.0. The normalized spacial score (nSPS) is 10.8. The van der Waals surface area contributed by atoms with E-state index in [1.54, 1.807) is 6.92 Å². The van der Waals surface area contributed by atoms with Gasteiger partial charge in [0.15, 0.2) is 6.67 Å². The Bertz CT molecular complexity index is 107. The van der Waals surface area contributed by atoms with E-state index in [-0.39, 0.29) is 6.61 Å². The van der Waals surface area contributed by atoms with E-state index in [1.807, 2.05) is 0 Å². The number of hydrogen-bond acceptors (Lipinski definition) is 3. The summed E-state index contributed by atoms with van der Waals surface area (Å²) in [6.45, 7) is 3.83. The Labute approximate surface area is 114 Å². The molecular weight excluding hydrogens is 301 g/mol. The first-order valence-corrected chi connectivity index (χ1v) is 5.32. The minimum atomic E-state index is -2.75.